The van der Waals surface area contributed by atoms with Gasteiger partial charge < -0.3 is 10.2 Å². The summed E-state index contributed by atoms with van der Waals surface area (Å²) in [4.78, 5) is 18.7. The van der Waals surface area contributed by atoms with Gasteiger partial charge in [-0.25, -0.2) is 4.98 Å². The Balaban J connectivity index is 1.92. The molecular formula is C19H25N3O. The molecule has 1 aromatic heterocycles. The van der Waals surface area contributed by atoms with E-state index in [1.165, 1.54) is 16.3 Å². The van der Waals surface area contributed by atoms with Crippen molar-refractivity contribution in [2.75, 3.05) is 25.0 Å². The van der Waals surface area contributed by atoms with E-state index in [1.54, 1.807) is 7.05 Å². The van der Waals surface area contributed by atoms with Gasteiger partial charge in [-0.05, 0) is 28.9 Å². The molecule has 1 atom stereocenters. The number of hydrogen-bond acceptors (Lipinski definition) is 3. The fourth-order valence-corrected chi connectivity index (χ4v) is 3.37. The van der Waals surface area contributed by atoms with Crippen LogP contribution in [0.2, 0.25) is 0 Å². The molecule has 4 heteroatoms. The summed E-state index contributed by atoms with van der Waals surface area (Å²) in [5.74, 6) is 1.16. The molecule has 122 valence electrons. The number of fused-ring (bicyclic) bond motifs is 1. The molecule has 0 unspecified atom stereocenters. The van der Waals surface area contributed by atoms with E-state index >= 15 is 0 Å². The van der Waals surface area contributed by atoms with E-state index in [9.17, 15) is 4.79 Å². The van der Waals surface area contributed by atoms with Gasteiger partial charge in [-0.3, -0.25) is 4.79 Å². The fraction of sp³-hybridized carbons (Fsp3) is 0.474. The number of rotatable bonds is 2. The summed E-state index contributed by atoms with van der Waals surface area (Å²) in [5, 5.41) is 5.17. The molecule has 0 aliphatic carbocycles. The fourth-order valence-electron chi connectivity index (χ4n) is 3.37. The number of amides is 1. The SMILES string of the molecule is CNC(=O)[C@@H]1CCN(c2cc3cccc(C(C)(C)C)c3cn2)C1. The van der Waals surface area contributed by atoms with Crippen LogP contribution in [0.5, 0.6) is 0 Å². The first-order valence-electron chi connectivity index (χ1n) is 8.26. The Morgan fingerprint density at radius 3 is 2.83 bits per heavy atom. The summed E-state index contributed by atoms with van der Waals surface area (Å²) >= 11 is 0. The molecule has 3 rings (SSSR count). The minimum Gasteiger partial charge on any atom is -0.359 e. The van der Waals surface area contributed by atoms with Gasteiger partial charge in [0.05, 0.1) is 5.92 Å². The third-order valence-electron chi connectivity index (χ3n) is 4.69. The average Bonchev–Trinajstić information content (AvgIpc) is 3.02. The minimum absolute atomic E-state index is 0.0680. The van der Waals surface area contributed by atoms with E-state index in [-0.39, 0.29) is 17.2 Å². The predicted octanol–water partition coefficient (Wildman–Crippen LogP) is 3.10. The lowest BCUT2D eigenvalue weighted by atomic mass is 9.84. The maximum absolute atomic E-state index is 11.8. The summed E-state index contributed by atoms with van der Waals surface area (Å²) in [6, 6.07) is 8.59. The van der Waals surface area contributed by atoms with E-state index in [1.807, 2.05) is 6.20 Å². The van der Waals surface area contributed by atoms with Crippen molar-refractivity contribution in [2.24, 2.45) is 5.92 Å². The van der Waals surface area contributed by atoms with Crippen LogP contribution in [-0.2, 0) is 10.2 Å². The van der Waals surface area contributed by atoms with Crippen LogP contribution in [0, 0.1) is 5.92 Å². The van der Waals surface area contributed by atoms with Crippen LogP contribution in [0.25, 0.3) is 10.8 Å². The lowest BCUT2D eigenvalue weighted by Gasteiger charge is -2.22. The first-order valence-corrected chi connectivity index (χ1v) is 8.26. The first kappa shape index (κ1) is 15.8. The molecule has 1 N–H and O–H groups in total. The zero-order chi connectivity index (χ0) is 16.6. The molecule has 0 saturated carbocycles. The van der Waals surface area contributed by atoms with Crippen LogP contribution in [0.4, 0.5) is 5.82 Å². The highest BCUT2D eigenvalue weighted by atomic mass is 16.1. The second-order valence-electron chi connectivity index (χ2n) is 7.37. The monoisotopic (exact) mass is 311 g/mol. The van der Waals surface area contributed by atoms with Crippen molar-refractivity contribution in [3.05, 3.63) is 36.0 Å². The number of carbonyl (C=O) groups is 1. The van der Waals surface area contributed by atoms with Gasteiger partial charge in [-0.15, -0.1) is 0 Å². The average molecular weight is 311 g/mol. The summed E-state index contributed by atoms with van der Waals surface area (Å²) < 4.78 is 0. The van der Waals surface area contributed by atoms with Gasteiger partial charge in [-0.2, -0.15) is 0 Å². The zero-order valence-corrected chi connectivity index (χ0v) is 14.4. The van der Waals surface area contributed by atoms with Crippen molar-refractivity contribution in [3.8, 4) is 0 Å². The van der Waals surface area contributed by atoms with Gasteiger partial charge in [0.1, 0.15) is 5.82 Å². The second-order valence-corrected chi connectivity index (χ2v) is 7.37. The predicted molar refractivity (Wildman–Crippen MR) is 94.8 cm³/mol. The van der Waals surface area contributed by atoms with Gasteiger partial charge in [0.2, 0.25) is 5.91 Å². The molecule has 0 radical (unpaired) electrons. The van der Waals surface area contributed by atoms with Crippen molar-refractivity contribution in [1.29, 1.82) is 0 Å². The molecule has 2 heterocycles. The maximum atomic E-state index is 11.8. The van der Waals surface area contributed by atoms with Crippen molar-refractivity contribution >= 4 is 22.5 Å². The van der Waals surface area contributed by atoms with E-state index in [0.717, 1.165) is 25.3 Å². The number of benzene rings is 1. The minimum atomic E-state index is 0.0680. The Kier molecular flexibility index (Phi) is 4.00. The summed E-state index contributed by atoms with van der Waals surface area (Å²) in [5.41, 5.74) is 1.42. The van der Waals surface area contributed by atoms with E-state index in [2.05, 4.69) is 60.2 Å². The van der Waals surface area contributed by atoms with Crippen molar-refractivity contribution < 1.29 is 4.79 Å². The first-order chi connectivity index (χ1) is 10.9. The third-order valence-corrected chi connectivity index (χ3v) is 4.69. The topological polar surface area (TPSA) is 45.2 Å². The Bertz CT molecular complexity index is 733. The molecule has 1 fully saturated rings. The lowest BCUT2D eigenvalue weighted by molar-refractivity contribution is -0.123. The number of nitrogens with zero attached hydrogens (tertiary/aromatic N) is 2. The molecule has 4 nitrogen and oxygen atoms in total. The van der Waals surface area contributed by atoms with E-state index in [4.69, 9.17) is 0 Å². The Morgan fingerprint density at radius 1 is 1.35 bits per heavy atom. The van der Waals surface area contributed by atoms with Crippen LogP contribution in [0.15, 0.2) is 30.5 Å². The maximum Gasteiger partial charge on any atom is 0.224 e. The van der Waals surface area contributed by atoms with Gasteiger partial charge in [-0.1, -0.05) is 39.0 Å². The van der Waals surface area contributed by atoms with Gasteiger partial charge in [0.15, 0.2) is 0 Å². The Morgan fingerprint density at radius 2 is 2.13 bits per heavy atom. The normalized spacial score (nSPS) is 18.4. The van der Waals surface area contributed by atoms with Gasteiger partial charge in [0.25, 0.3) is 0 Å². The van der Waals surface area contributed by atoms with Crippen LogP contribution < -0.4 is 10.2 Å². The highest BCUT2D eigenvalue weighted by molar-refractivity contribution is 5.88. The van der Waals surface area contributed by atoms with Crippen molar-refractivity contribution in [3.63, 3.8) is 0 Å². The number of aromatic nitrogens is 1. The van der Waals surface area contributed by atoms with Gasteiger partial charge in [0, 0.05) is 31.7 Å². The summed E-state index contributed by atoms with van der Waals surface area (Å²) in [6.07, 6.45) is 2.87. The largest absolute Gasteiger partial charge is 0.359 e. The van der Waals surface area contributed by atoms with E-state index in [0.29, 0.717) is 0 Å². The number of anilines is 1. The lowest BCUT2D eigenvalue weighted by Crippen LogP contribution is -2.30. The quantitative estimate of drug-likeness (QED) is 0.927. The van der Waals surface area contributed by atoms with Crippen LogP contribution >= 0.6 is 0 Å². The summed E-state index contributed by atoms with van der Waals surface area (Å²) in [7, 11) is 1.70. The highest BCUT2D eigenvalue weighted by Gasteiger charge is 2.28. The molecule has 2 aromatic rings. The molecule has 0 spiro atoms. The third kappa shape index (κ3) is 3.03. The van der Waals surface area contributed by atoms with Crippen molar-refractivity contribution in [1.82, 2.24) is 10.3 Å². The number of nitrogens with one attached hydrogen (secondary N) is 1. The van der Waals surface area contributed by atoms with Crippen LogP contribution in [0.3, 0.4) is 0 Å². The highest BCUT2D eigenvalue weighted by Crippen LogP contribution is 2.32. The van der Waals surface area contributed by atoms with Crippen LogP contribution in [-0.4, -0.2) is 31.0 Å². The Hall–Kier alpha value is -2.10. The molecule has 1 aliphatic rings. The second kappa shape index (κ2) is 5.84. The number of hydrogen-bond donors (Lipinski definition) is 1. The molecule has 1 aromatic carbocycles. The smallest absolute Gasteiger partial charge is 0.224 e. The standard InChI is InChI=1S/C19H25N3O/c1-19(2,3)16-7-5-6-13-10-17(21-11-15(13)16)22-9-8-14(12-22)18(23)20-4/h5-7,10-11,14H,8-9,12H2,1-4H3,(H,20,23)/t14-/m1/s1. The number of carbonyl (C=O) groups excluding carboxylic acids is 1. The molecule has 1 amide bonds. The van der Waals surface area contributed by atoms with Gasteiger partial charge >= 0.3 is 0 Å². The summed E-state index contributed by atoms with van der Waals surface area (Å²) in [6.45, 7) is 8.31. The van der Waals surface area contributed by atoms with Crippen LogP contribution in [0.1, 0.15) is 32.8 Å². The Labute approximate surface area is 137 Å². The number of pyridine rings is 1. The zero-order valence-electron chi connectivity index (χ0n) is 14.4. The molecule has 0 bridgehead atoms. The van der Waals surface area contributed by atoms with E-state index < -0.39 is 0 Å². The molecule has 23 heavy (non-hydrogen) atoms. The van der Waals surface area contributed by atoms with Crippen molar-refractivity contribution in [2.45, 2.75) is 32.6 Å². The molecular weight excluding hydrogens is 286 g/mol. The molecule has 1 aliphatic heterocycles. The molecule has 1 saturated heterocycles.